The molecule has 2 aromatic rings. The number of nitrogens with one attached hydrogen (secondary N) is 2. The number of hydrogen-bond acceptors (Lipinski definition) is 4. The zero-order valence-corrected chi connectivity index (χ0v) is 11.2. The highest BCUT2D eigenvalue weighted by atomic mass is 32.1. The second-order valence-corrected chi connectivity index (χ2v) is 4.93. The maximum Gasteiger partial charge on any atom is 0.243 e. The first-order valence-corrected chi connectivity index (χ1v) is 6.53. The Morgan fingerprint density at radius 2 is 2.17 bits per heavy atom. The van der Waals surface area contributed by atoms with Crippen LogP contribution in [-0.4, -0.2) is 17.4 Å². The van der Waals surface area contributed by atoms with Gasteiger partial charge in [-0.2, -0.15) is 0 Å². The second kappa shape index (κ2) is 5.64. The molecular formula is C13H15N3OS. The number of anilines is 2. The lowest BCUT2D eigenvalue weighted by molar-refractivity contribution is -0.114. The van der Waals surface area contributed by atoms with Gasteiger partial charge in [0, 0.05) is 17.3 Å². The van der Waals surface area contributed by atoms with Crippen molar-refractivity contribution in [1.82, 2.24) is 4.98 Å². The summed E-state index contributed by atoms with van der Waals surface area (Å²) in [7, 11) is 0. The maximum atomic E-state index is 11.7. The van der Waals surface area contributed by atoms with E-state index in [9.17, 15) is 4.79 Å². The fourth-order valence-electron chi connectivity index (χ4n) is 1.49. The monoisotopic (exact) mass is 261 g/mol. The largest absolute Gasteiger partial charge is 0.352 e. The van der Waals surface area contributed by atoms with Crippen molar-refractivity contribution in [2.24, 2.45) is 0 Å². The third-order valence-corrected chi connectivity index (χ3v) is 3.35. The summed E-state index contributed by atoms with van der Waals surface area (Å²) >= 11 is 1.47. The Balaban J connectivity index is 1.88. The maximum absolute atomic E-state index is 11.7. The van der Waals surface area contributed by atoms with E-state index >= 15 is 0 Å². The van der Waals surface area contributed by atoms with Gasteiger partial charge in [0.15, 0.2) is 5.13 Å². The molecule has 0 atom stereocenters. The summed E-state index contributed by atoms with van der Waals surface area (Å²) in [5, 5.41) is 8.43. The Morgan fingerprint density at radius 3 is 2.83 bits per heavy atom. The second-order valence-electron chi connectivity index (χ2n) is 4.04. The molecule has 5 heteroatoms. The summed E-state index contributed by atoms with van der Waals surface area (Å²) in [5.74, 6) is -0.0755. The molecule has 4 nitrogen and oxygen atoms in total. The summed E-state index contributed by atoms with van der Waals surface area (Å²) in [6.07, 6.45) is 1.70. The number of thiazole rings is 1. The van der Waals surface area contributed by atoms with Crippen LogP contribution in [0.4, 0.5) is 10.8 Å². The van der Waals surface area contributed by atoms with Crippen molar-refractivity contribution in [3.05, 3.63) is 40.9 Å². The normalized spacial score (nSPS) is 10.1. The molecule has 1 aromatic heterocycles. The van der Waals surface area contributed by atoms with Crippen LogP contribution in [0.5, 0.6) is 0 Å². The van der Waals surface area contributed by atoms with Gasteiger partial charge in [-0.1, -0.05) is 6.07 Å². The van der Waals surface area contributed by atoms with Gasteiger partial charge in [-0.15, -0.1) is 11.3 Å². The van der Waals surface area contributed by atoms with Crippen molar-refractivity contribution in [2.45, 2.75) is 13.8 Å². The number of hydrogen-bond donors (Lipinski definition) is 2. The number of carbonyl (C=O) groups excluding carboxylic acids is 1. The Hall–Kier alpha value is -1.88. The van der Waals surface area contributed by atoms with Crippen molar-refractivity contribution in [3.8, 4) is 0 Å². The molecule has 2 rings (SSSR count). The average Bonchev–Trinajstić information content (AvgIpc) is 2.84. The van der Waals surface area contributed by atoms with E-state index in [1.54, 1.807) is 6.20 Å². The zero-order chi connectivity index (χ0) is 13.0. The Morgan fingerprint density at radius 1 is 1.33 bits per heavy atom. The minimum atomic E-state index is -0.0755. The van der Waals surface area contributed by atoms with Crippen LogP contribution in [0.1, 0.15) is 11.1 Å². The van der Waals surface area contributed by atoms with Crippen LogP contribution in [0.25, 0.3) is 0 Å². The molecule has 0 unspecified atom stereocenters. The summed E-state index contributed by atoms with van der Waals surface area (Å²) in [4.78, 5) is 15.8. The molecule has 1 aromatic carbocycles. The lowest BCUT2D eigenvalue weighted by atomic mass is 10.1. The third kappa shape index (κ3) is 3.30. The van der Waals surface area contributed by atoms with Crippen molar-refractivity contribution >= 4 is 28.1 Å². The van der Waals surface area contributed by atoms with Crippen LogP contribution in [0, 0.1) is 13.8 Å². The highest BCUT2D eigenvalue weighted by Crippen LogP contribution is 2.14. The fraction of sp³-hybridized carbons (Fsp3) is 0.231. The molecule has 0 aliphatic heterocycles. The summed E-state index contributed by atoms with van der Waals surface area (Å²) in [6.45, 7) is 4.30. The molecule has 94 valence electrons. The van der Waals surface area contributed by atoms with Gasteiger partial charge >= 0.3 is 0 Å². The van der Waals surface area contributed by atoms with E-state index in [0.717, 1.165) is 10.8 Å². The average molecular weight is 261 g/mol. The van der Waals surface area contributed by atoms with E-state index in [2.05, 4.69) is 15.6 Å². The highest BCUT2D eigenvalue weighted by Gasteiger charge is 2.04. The van der Waals surface area contributed by atoms with Gasteiger partial charge in [0.1, 0.15) is 0 Å². The van der Waals surface area contributed by atoms with Crippen LogP contribution >= 0.6 is 11.3 Å². The number of aromatic nitrogens is 1. The van der Waals surface area contributed by atoms with Crippen molar-refractivity contribution in [3.63, 3.8) is 0 Å². The zero-order valence-electron chi connectivity index (χ0n) is 10.4. The van der Waals surface area contributed by atoms with Gasteiger partial charge < -0.3 is 10.6 Å². The first-order chi connectivity index (χ1) is 8.65. The van der Waals surface area contributed by atoms with Crippen LogP contribution in [0.3, 0.4) is 0 Å². The van der Waals surface area contributed by atoms with Gasteiger partial charge in [0.05, 0.1) is 6.54 Å². The number of amides is 1. The number of rotatable bonds is 4. The molecule has 2 N–H and O–H groups in total. The molecule has 0 saturated carbocycles. The standard InChI is InChI=1S/C13H15N3OS/c1-9-3-4-11(7-10(9)2)16-12(17)8-15-13-14-5-6-18-13/h3-7H,8H2,1-2H3,(H,14,15)(H,16,17). The van der Waals surface area contributed by atoms with Gasteiger partial charge in [-0.05, 0) is 37.1 Å². The van der Waals surface area contributed by atoms with Gasteiger partial charge in [-0.3, -0.25) is 4.79 Å². The SMILES string of the molecule is Cc1ccc(NC(=O)CNc2nccs2)cc1C. The third-order valence-electron chi connectivity index (χ3n) is 2.62. The van der Waals surface area contributed by atoms with E-state index in [1.165, 1.54) is 22.5 Å². The molecule has 18 heavy (non-hydrogen) atoms. The molecule has 1 heterocycles. The summed E-state index contributed by atoms with van der Waals surface area (Å²) in [5.41, 5.74) is 3.21. The Bertz CT molecular complexity index is 537. The quantitative estimate of drug-likeness (QED) is 0.889. The van der Waals surface area contributed by atoms with Crippen molar-refractivity contribution in [1.29, 1.82) is 0 Å². The van der Waals surface area contributed by atoms with Crippen LogP contribution in [0.2, 0.25) is 0 Å². The number of nitrogens with zero attached hydrogens (tertiary/aromatic N) is 1. The van der Waals surface area contributed by atoms with Crippen molar-refractivity contribution in [2.75, 3.05) is 17.2 Å². The fourth-order valence-corrected chi connectivity index (χ4v) is 2.02. The van der Waals surface area contributed by atoms with E-state index in [-0.39, 0.29) is 12.5 Å². The molecule has 0 saturated heterocycles. The molecule has 0 aliphatic carbocycles. The highest BCUT2D eigenvalue weighted by molar-refractivity contribution is 7.13. The van der Waals surface area contributed by atoms with E-state index < -0.39 is 0 Å². The van der Waals surface area contributed by atoms with Gasteiger partial charge in [0.2, 0.25) is 5.91 Å². The smallest absolute Gasteiger partial charge is 0.243 e. The molecule has 0 aliphatic rings. The van der Waals surface area contributed by atoms with E-state index in [0.29, 0.717) is 0 Å². The predicted octanol–water partition coefficient (Wildman–Crippen LogP) is 2.81. The summed E-state index contributed by atoms with van der Waals surface area (Å²) < 4.78 is 0. The Labute approximate surface area is 110 Å². The molecule has 0 fully saturated rings. The van der Waals surface area contributed by atoms with Crippen molar-refractivity contribution < 1.29 is 4.79 Å². The molecule has 1 amide bonds. The first-order valence-electron chi connectivity index (χ1n) is 5.65. The number of benzene rings is 1. The molecular weight excluding hydrogens is 246 g/mol. The lowest BCUT2D eigenvalue weighted by Crippen LogP contribution is -2.21. The summed E-state index contributed by atoms with van der Waals surface area (Å²) in [6, 6.07) is 5.87. The van der Waals surface area contributed by atoms with E-state index in [1.807, 2.05) is 37.4 Å². The first kappa shape index (κ1) is 12.6. The number of carbonyl (C=O) groups is 1. The molecule has 0 radical (unpaired) electrons. The molecule has 0 spiro atoms. The minimum absolute atomic E-state index is 0.0755. The van der Waals surface area contributed by atoms with Crippen LogP contribution in [0.15, 0.2) is 29.8 Å². The minimum Gasteiger partial charge on any atom is -0.352 e. The van der Waals surface area contributed by atoms with Gasteiger partial charge in [-0.25, -0.2) is 4.98 Å². The molecule has 0 bridgehead atoms. The lowest BCUT2D eigenvalue weighted by Gasteiger charge is -2.08. The van der Waals surface area contributed by atoms with E-state index in [4.69, 9.17) is 0 Å². The predicted molar refractivity (Wildman–Crippen MR) is 75.1 cm³/mol. The van der Waals surface area contributed by atoms with Crippen LogP contribution in [-0.2, 0) is 4.79 Å². The number of aryl methyl sites for hydroxylation is 2. The van der Waals surface area contributed by atoms with Crippen LogP contribution < -0.4 is 10.6 Å². The van der Waals surface area contributed by atoms with Gasteiger partial charge in [0.25, 0.3) is 0 Å². The Kier molecular flexibility index (Phi) is 3.94. The topological polar surface area (TPSA) is 54.0 Å².